The molecule has 0 spiro atoms. The smallest absolute Gasteiger partial charge is 0.257 e. The van der Waals surface area contributed by atoms with Gasteiger partial charge in [0.1, 0.15) is 5.82 Å². The minimum atomic E-state index is -0.455. The van der Waals surface area contributed by atoms with Gasteiger partial charge < -0.3 is 4.90 Å². The molecule has 1 aromatic carbocycles. The zero-order valence-electron chi connectivity index (χ0n) is 9.45. The van der Waals surface area contributed by atoms with Crippen LogP contribution in [0.1, 0.15) is 17.3 Å². The van der Waals surface area contributed by atoms with E-state index in [2.05, 4.69) is 15.9 Å². The summed E-state index contributed by atoms with van der Waals surface area (Å²) in [5.41, 5.74) is 0.151. The van der Waals surface area contributed by atoms with Crippen LogP contribution in [0.4, 0.5) is 4.39 Å². The van der Waals surface area contributed by atoms with E-state index in [0.29, 0.717) is 6.54 Å². The van der Waals surface area contributed by atoms with E-state index in [9.17, 15) is 9.18 Å². The van der Waals surface area contributed by atoms with E-state index in [1.54, 1.807) is 17.0 Å². The monoisotopic (exact) mass is 317 g/mol. The van der Waals surface area contributed by atoms with Crippen molar-refractivity contribution in [3.05, 3.63) is 34.1 Å². The van der Waals surface area contributed by atoms with E-state index >= 15 is 0 Å². The molecule has 1 atom stereocenters. The third-order valence-corrected chi connectivity index (χ3v) is 4.47. The van der Waals surface area contributed by atoms with Gasteiger partial charge in [0, 0.05) is 28.6 Å². The first-order valence-electron chi connectivity index (χ1n) is 5.43. The lowest BCUT2D eigenvalue weighted by molar-refractivity contribution is 0.0711. The standard InChI is InChI=1S/C12H13BrFNOS/c1-8-7-17-5-4-15(8)12(16)10-6-9(13)2-3-11(10)14/h2-3,6,8H,4-5,7H2,1H3. The number of nitrogens with zero attached hydrogens (tertiary/aromatic N) is 1. The van der Waals surface area contributed by atoms with Crippen LogP contribution in [0.15, 0.2) is 22.7 Å². The van der Waals surface area contributed by atoms with Crippen molar-refractivity contribution in [2.75, 3.05) is 18.1 Å². The molecule has 1 amide bonds. The van der Waals surface area contributed by atoms with Gasteiger partial charge in [0.15, 0.2) is 0 Å². The lowest BCUT2D eigenvalue weighted by Crippen LogP contribution is -2.44. The molecule has 0 aromatic heterocycles. The van der Waals surface area contributed by atoms with Crippen LogP contribution in [0, 0.1) is 5.82 Å². The zero-order valence-corrected chi connectivity index (χ0v) is 11.9. The summed E-state index contributed by atoms with van der Waals surface area (Å²) in [6.07, 6.45) is 0. The summed E-state index contributed by atoms with van der Waals surface area (Å²) in [7, 11) is 0. The number of rotatable bonds is 1. The van der Waals surface area contributed by atoms with E-state index in [1.165, 1.54) is 6.07 Å². The quantitative estimate of drug-likeness (QED) is 0.793. The largest absolute Gasteiger partial charge is 0.334 e. The maximum atomic E-state index is 13.6. The van der Waals surface area contributed by atoms with Gasteiger partial charge in [0.05, 0.1) is 5.56 Å². The number of carbonyl (C=O) groups excluding carboxylic acids is 1. The van der Waals surface area contributed by atoms with Crippen molar-refractivity contribution in [1.82, 2.24) is 4.90 Å². The Kier molecular flexibility index (Phi) is 4.09. The number of halogens is 2. The minimum absolute atomic E-state index is 0.151. The Hall–Kier alpha value is -0.550. The summed E-state index contributed by atoms with van der Waals surface area (Å²) < 4.78 is 14.4. The molecule has 0 aliphatic carbocycles. The zero-order chi connectivity index (χ0) is 12.4. The molecule has 2 rings (SSSR count). The number of amides is 1. The highest BCUT2D eigenvalue weighted by atomic mass is 79.9. The first-order chi connectivity index (χ1) is 8.09. The molecule has 2 nitrogen and oxygen atoms in total. The molecule has 17 heavy (non-hydrogen) atoms. The lowest BCUT2D eigenvalue weighted by atomic mass is 10.1. The molecular weight excluding hydrogens is 305 g/mol. The number of hydrogen-bond acceptors (Lipinski definition) is 2. The topological polar surface area (TPSA) is 20.3 Å². The number of benzene rings is 1. The summed E-state index contributed by atoms with van der Waals surface area (Å²) in [5, 5.41) is 0. The predicted octanol–water partition coefficient (Wildman–Crippen LogP) is 3.17. The lowest BCUT2D eigenvalue weighted by Gasteiger charge is -2.33. The number of carbonyl (C=O) groups is 1. The molecule has 0 bridgehead atoms. The number of thioether (sulfide) groups is 1. The van der Waals surface area contributed by atoms with Crippen LogP contribution in [-0.4, -0.2) is 34.9 Å². The van der Waals surface area contributed by atoms with Gasteiger partial charge >= 0.3 is 0 Å². The van der Waals surface area contributed by atoms with Gasteiger partial charge in [-0.2, -0.15) is 11.8 Å². The van der Waals surface area contributed by atoms with Crippen molar-refractivity contribution in [3.63, 3.8) is 0 Å². The Morgan fingerprint density at radius 3 is 3.06 bits per heavy atom. The van der Waals surface area contributed by atoms with Crippen LogP contribution in [0.2, 0.25) is 0 Å². The highest BCUT2D eigenvalue weighted by Crippen LogP contribution is 2.22. The van der Waals surface area contributed by atoms with Crippen LogP contribution in [-0.2, 0) is 0 Å². The van der Waals surface area contributed by atoms with Crippen LogP contribution in [0.3, 0.4) is 0 Å². The Balaban J connectivity index is 2.26. The third kappa shape index (κ3) is 2.83. The molecule has 0 saturated carbocycles. The molecule has 0 N–H and O–H groups in total. The summed E-state index contributed by atoms with van der Waals surface area (Å²) >= 11 is 5.09. The maximum Gasteiger partial charge on any atom is 0.257 e. The second kappa shape index (κ2) is 5.40. The van der Waals surface area contributed by atoms with Crippen molar-refractivity contribution in [2.45, 2.75) is 13.0 Å². The van der Waals surface area contributed by atoms with E-state index < -0.39 is 5.82 Å². The van der Waals surface area contributed by atoms with Crippen LogP contribution >= 0.6 is 27.7 Å². The van der Waals surface area contributed by atoms with Crippen molar-refractivity contribution in [1.29, 1.82) is 0 Å². The normalized spacial score (nSPS) is 20.4. The Morgan fingerprint density at radius 1 is 1.59 bits per heavy atom. The second-order valence-electron chi connectivity index (χ2n) is 4.05. The average Bonchev–Trinajstić information content (AvgIpc) is 2.32. The highest BCUT2D eigenvalue weighted by Gasteiger charge is 2.26. The molecule has 1 fully saturated rings. The first kappa shape index (κ1) is 12.9. The molecule has 1 heterocycles. The summed E-state index contributed by atoms with van der Waals surface area (Å²) in [5.74, 6) is 1.17. The second-order valence-corrected chi connectivity index (χ2v) is 6.11. The third-order valence-electron chi connectivity index (χ3n) is 2.79. The summed E-state index contributed by atoms with van der Waals surface area (Å²) in [4.78, 5) is 14.0. The molecule has 1 aliphatic heterocycles. The van der Waals surface area contributed by atoms with Crippen LogP contribution in [0.5, 0.6) is 0 Å². The predicted molar refractivity (Wildman–Crippen MR) is 71.9 cm³/mol. The molecule has 1 aliphatic rings. The van der Waals surface area contributed by atoms with E-state index in [1.807, 2.05) is 18.7 Å². The molecule has 92 valence electrons. The van der Waals surface area contributed by atoms with Crippen LogP contribution < -0.4 is 0 Å². The van der Waals surface area contributed by atoms with E-state index in [4.69, 9.17) is 0 Å². The van der Waals surface area contributed by atoms with Gasteiger partial charge in [0.2, 0.25) is 0 Å². The average molecular weight is 318 g/mol. The van der Waals surface area contributed by atoms with Gasteiger partial charge in [-0.05, 0) is 25.1 Å². The molecular formula is C12H13BrFNOS. The Labute approximate surface area is 113 Å². The van der Waals surface area contributed by atoms with E-state index in [-0.39, 0.29) is 17.5 Å². The fourth-order valence-corrected chi connectivity index (χ4v) is 3.22. The maximum absolute atomic E-state index is 13.6. The summed E-state index contributed by atoms with van der Waals surface area (Å²) in [6, 6.07) is 4.63. The number of hydrogen-bond donors (Lipinski definition) is 0. The Morgan fingerprint density at radius 2 is 2.35 bits per heavy atom. The van der Waals surface area contributed by atoms with Crippen molar-refractivity contribution in [2.24, 2.45) is 0 Å². The fourth-order valence-electron chi connectivity index (χ4n) is 1.84. The minimum Gasteiger partial charge on any atom is -0.334 e. The first-order valence-corrected chi connectivity index (χ1v) is 7.38. The molecule has 1 aromatic rings. The van der Waals surface area contributed by atoms with Gasteiger partial charge in [-0.25, -0.2) is 4.39 Å². The van der Waals surface area contributed by atoms with Crippen LogP contribution in [0.25, 0.3) is 0 Å². The fraction of sp³-hybridized carbons (Fsp3) is 0.417. The molecule has 1 saturated heterocycles. The SMILES string of the molecule is CC1CSCCN1C(=O)c1cc(Br)ccc1F. The van der Waals surface area contributed by atoms with Gasteiger partial charge in [-0.15, -0.1) is 0 Å². The molecule has 0 radical (unpaired) electrons. The van der Waals surface area contributed by atoms with E-state index in [0.717, 1.165) is 16.0 Å². The van der Waals surface area contributed by atoms with Gasteiger partial charge in [0.25, 0.3) is 5.91 Å². The van der Waals surface area contributed by atoms with Crippen molar-refractivity contribution >= 4 is 33.6 Å². The Bertz CT molecular complexity index is 441. The van der Waals surface area contributed by atoms with Crippen molar-refractivity contribution in [3.8, 4) is 0 Å². The van der Waals surface area contributed by atoms with Gasteiger partial charge in [-0.3, -0.25) is 4.79 Å². The summed E-state index contributed by atoms with van der Waals surface area (Å²) in [6.45, 7) is 2.69. The van der Waals surface area contributed by atoms with Gasteiger partial charge in [-0.1, -0.05) is 15.9 Å². The van der Waals surface area contributed by atoms with Crippen molar-refractivity contribution < 1.29 is 9.18 Å². The molecule has 5 heteroatoms. The molecule has 1 unspecified atom stereocenters. The highest BCUT2D eigenvalue weighted by molar-refractivity contribution is 9.10.